The molecule has 0 aliphatic carbocycles. The SMILES string of the molecule is Cc1ccc(-c2csc3ncnc(N(C)CCO)c23)c(C)c1. The summed E-state index contributed by atoms with van der Waals surface area (Å²) in [5.74, 6) is 0.871. The number of aliphatic hydroxyl groups is 1. The minimum Gasteiger partial charge on any atom is -0.395 e. The van der Waals surface area contributed by atoms with E-state index in [1.54, 1.807) is 17.7 Å². The Bertz CT molecular complexity index is 813. The lowest BCUT2D eigenvalue weighted by Gasteiger charge is -2.18. The highest BCUT2D eigenvalue weighted by molar-refractivity contribution is 7.17. The maximum absolute atomic E-state index is 9.20. The Hall–Kier alpha value is -1.98. The van der Waals surface area contributed by atoms with Crippen molar-refractivity contribution in [3.05, 3.63) is 41.0 Å². The zero-order valence-electron chi connectivity index (χ0n) is 13.0. The molecule has 2 heterocycles. The topological polar surface area (TPSA) is 49.2 Å². The summed E-state index contributed by atoms with van der Waals surface area (Å²) in [6, 6.07) is 6.49. The summed E-state index contributed by atoms with van der Waals surface area (Å²) in [6.07, 6.45) is 1.59. The van der Waals surface area contributed by atoms with E-state index in [2.05, 4.69) is 47.4 Å². The molecule has 22 heavy (non-hydrogen) atoms. The monoisotopic (exact) mass is 313 g/mol. The molecule has 0 saturated heterocycles. The van der Waals surface area contributed by atoms with Gasteiger partial charge in [0.1, 0.15) is 17.0 Å². The number of thiophene rings is 1. The number of hydrogen-bond acceptors (Lipinski definition) is 5. The zero-order valence-corrected chi connectivity index (χ0v) is 13.8. The first-order valence-corrected chi connectivity index (χ1v) is 8.11. The Kier molecular flexibility index (Phi) is 4.09. The molecule has 0 radical (unpaired) electrons. The molecule has 5 heteroatoms. The minimum absolute atomic E-state index is 0.102. The Labute approximate surface area is 134 Å². The van der Waals surface area contributed by atoms with Crippen LogP contribution in [0.25, 0.3) is 21.3 Å². The van der Waals surface area contributed by atoms with E-state index in [9.17, 15) is 5.11 Å². The van der Waals surface area contributed by atoms with E-state index < -0.39 is 0 Å². The Morgan fingerprint density at radius 1 is 1.18 bits per heavy atom. The number of fused-ring (bicyclic) bond motifs is 1. The first kappa shape index (κ1) is 14.9. The Balaban J connectivity index is 2.22. The molecule has 3 rings (SSSR count). The average molecular weight is 313 g/mol. The number of hydrogen-bond donors (Lipinski definition) is 1. The van der Waals surface area contributed by atoms with Gasteiger partial charge in [0, 0.05) is 24.5 Å². The number of anilines is 1. The second-order valence-corrected chi connectivity index (χ2v) is 6.35. The third-order valence-corrected chi connectivity index (χ3v) is 4.71. The fourth-order valence-electron chi connectivity index (χ4n) is 2.72. The van der Waals surface area contributed by atoms with Crippen molar-refractivity contribution in [1.82, 2.24) is 9.97 Å². The van der Waals surface area contributed by atoms with Crippen LogP contribution in [0.5, 0.6) is 0 Å². The average Bonchev–Trinajstić information content (AvgIpc) is 2.91. The van der Waals surface area contributed by atoms with Gasteiger partial charge in [-0.1, -0.05) is 23.8 Å². The van der Waals surface area contributed by atoms with Crippen molar-refractivity contribution in [2.45, 2.75) is 13.8 Å². The van der Waals surface area contributed by atoms with Crippen LogP contribution in [-0.4, -0.2) is 35.3 Å². The lowest BCUT2D eigenvalue weighted by atomic mass is 9.99. The molecule has 0 saturated carbocycles. The molecule has 0 fully saturated rings. The summed E-state index contributed by atoms with van der Waals surface area (Å²) in [7, 11) is 1.95. The van der Waals surface area contributed by atoms with E-state index in [-0.39, 0.29) is 6.61 Å². The molecule has 0 aliphatic heterocycles. The first-order chi connectivity index (χ1) is 10.6. The van der Waals surface area contributed by atoms with Gasteiger partial charge in [-0.05, 0) is 25.0 Å². The molecule has 2 aromatic heterocycles. The molecule has 114 valence electrons. The number of aromatic nitrogens is 2. The van der Waals surface area contributed by atoms with Gasteiger partial charge in [0.2, 0.25) is 0 Å². The summed E-state index contributed by atoms with van der Waals surface area (Å²) in [4.78, 5) is 11.8. The Morgan fingerprint density at radius 3 is 2.73 bits per heavy atom. The van der Waals surface area contributed by atoms with Crippen molar-refractivity contribution in [2.75, 3.05) is 25.1 Å². The van der Waals surface area contributed by atoms with Gasteiger partial charge >= 0.3 is 0 Å². The molecule has 0 atom stereocenters. The van der Waals surface area contributed by atoms with E-state index in [1.165, 1.54) is 16.7 Å². The summed E-state index contributed by atoms with van der Waals surface area (Å²) >= 11 is 1.63. The summed E-state index contributed by atoms with van der Waals surface area (Å²) < 4.78 is 0. The van der Waals surface area contributed by atoms with Crippen LogP contribution in [0.2, 0.25) is 0 Å². The third-order valence-electron chi connectivity index (χ3n) is 3.82. The van der Waals surface area contributed by atoms with Gasteiger partial charge in [-0.3, -0.25) is 0 Å². The highest BCUT2D eigenvalue weighted by Gasteiger charge is 2.16. The maximum atomic E-state index is 9.20. The highest BCUT2D eigenvalue weighted by Crippen LogP contribution is 2.38. The van der Waals surface area contributed by atoms with Crippen LogP contribution in [0.4, 0.5) is 5.82 Å². The number of rotatable bonds is 4. The van der Waals surface area contributed by atoms with Crippen molar-refractivity contribution in [3.63, 3.8) is 0 Å². The predicted molar refractivity (Wildman–Crippen MR) is 92.7 cm³/mol. The normalized spacial score (nSPS) is 11.1. The van der Waals surface area contributed by atoms with E-state index in [1.807, 2.05) is 11.9 Å². The van der Waals surface area contributed by atoms with Gasteiger partial charge in [-0.15, -0.1) is 11.3 Å². The third kappa shape index (κ3) is 2.58. The van der Waals surface area contributed by atoms with Gasteiger partial charge in [0.15, 0.2) is 0 Å². The summed E-state index contributed by atoms with van der Waals surface area (Å²) in [5, 5.41) is 12.4. The van der Waals surface area contributed by atoms with Crippen LogP contribution in [0.15, 0.2) is 29.9 Å². The predicted octanol–water partition coefficient (Wildman–Crippen LogP) is 3.40. The van der Waals surface area contributed by atoms with Crippen LogP contribution in [0, 0.1) is 13.8 Å². The molecule has 0 spiro atoms. The molecule has 0 unspecified atom stereocenters. The summed E-state index contributed by atoms with van der Waals surface area (Å²) in [5.41, 5.74) is 4.89. The molecule has 0 bridgehead atoms. The van der Waals surface area contributed by atoms with Gasteiger partial charge in [0.25, 0.3) is 0 Å². The van der Waals surface area contributed by atoms with Gasteiger partial charge in [-0.2, -0.15) is 0 Å². The number of nitrogens with zero attached hydrogens (tertiary/aromatic N) is 3. The quantitative estimate of drug-likeness (QED) is 0.802. The van der Waals surface area contributed by atoms with Crippen molar-refractivity contribution in [1.29, 1.82) is 0 Å². The van der Waals surface area contributed by atoms with E-state index >= 15 is 0 Å². The van der Waals surface area contributed by atoms with Crippen molar-refractivity contribution in [3.8, 4) is 11.1 Å². The molecule has 3 aromatic rings. The molecule has 1 N–H and O–H groups in total. The fraction of sp³-hybridized carbons (Fsp3) is 0.294. The van der Waals surface area contributed by atoms with E-state index in [4.69, 9.17) is 0 Å². The zero-order chi connectivity index (χ0) is 15.7. The van der Waals surface area contributed by atoms with Crippen molar-refractivity contribution in [2.24, 2.45) is 0 Å². The highest BCUT2D eigenvalue weighted by atomic mass is 32.1. The van der Waals surface area contributed by atoms with Crippen molar-refractivity contribution >= 4 is 27.4 Å². The van der Waals surface area contributed by atoms with Crippen molar-refractivity contribution < 1.29 is 5.11 Å². The Morgan fingerprint density at radius 2 is 2.00 bits per heavy atom. The molecule has 0 amide bonds. The van der Waals surface area contributed by atoms with Gasteiger partial charge in [0.05, 0.1) is 12.0 Å². The van der Waals surface area contributed by atoms with Gasteiger partial charge in [-0.25, -0.2) is 9.97 Å². The van der Waals surface area contributed by atoms with Crippen LogP contribution in [0.1, 0.15) is 11.1 Å². The fourth-order valence-corrected chi connectivity index (χ4v) is 3.62. The second kappa shape index (κ2) is 6.02. The van der Waals surface area contributed by atoms with Gasteiger partial charge < -0.3 is 10.0 Å². The first-order valence-electron chi connectivity index (χ1n) is 7.23. The van der Waals surface area contributed by atoms with Crippen LogP contribution >= 0.6 is 11.3 Å². The second-order valence-electron chi connectivity index (χ2n) is 5.49. The number of likely N-dealkylation sites (N-methyl/N-ethyl adjacent to an activating group) is 1. The molecular formula is C17H19N3OS. The van der Waals surface area contributed by atoms with Crippen LogP contribution < -0.4 is 4.90 Å². The summed E-state index contributed by atoms with van der Waals surface area (Å²) in [6.45, 7) is 4.89. The van der Waals surface area contributed by atoms with E-state index in [0.29, 0.717) is 6.54 Å². The minimum atomic E-state index is 0.102. The van der Waals surface area contributed by atoms with Crippen LogP contribution in [-0.2, 0) is 0 Å². The van der Waals surface area contributed by atoms with Crippen LogP contribution in [0.3, 0.4) is 0 Å². The molecular weight excluding hydrogens is 294 g/mol. The molecule has 0 aliphatic rings. The number of benzene rings is 1. The number of aliphatic hydroxyl groups excluding tert-OH is 1. The lowest BCUT2D eigenvalue weighted by Crippen LogP contribution is -2.22. The van der Waals surface area contributed by atoms with E-state index in [0.717, 1.165) is 21.6 Å². The maximum Gasteiger partial charge on any atom is 0.141 e. The number of aryl methyl sites for hydroxylation is 2. The molecule has 4 nitrogen and oxygen atoms in total. The lowest BCUT2D eigenvalue weighted by molar-refractivity contribution is 0.304. The smallest absolute Gasteiger partial charge is 0.141 e. The largest absolute Gasteiger partial charge is 0.395 e. The standard InChI is InChI=1S/C17H19N3OS/c1-11-4-5-13(12(2)8-11)14-9-22-17-15(14)16(18-10-19-17)20(3)6-7-21/h4-5,8-10,21H,6-7H2,1-3H3. The molecule has 1 aromatic carbocycles.